The Balaban J connectivity index is 1.14. The molecule has 3 nitrogen and oxygen atoms in total. The van der Waals surface area contributed by atoms with Gasteiger partial charge in [-0.15, -0.1) is 0 Å². The summed E-state index contributed by atoms with van der Waals surface area (Å²) >= 11 is 0. The summed E-state index contributed by atoms with van der Waals surface area (Å²) in [5.41, 5.74) is 19.7. The molecule has 3 aromatic heterocycles. The highest BCUT2D eigenvalue weighted by atomic mass is 19.1. The van der Waals surface area contributed by atoms with E-state index in [2.05, 4.69) is 137 Å². The van der Waals surface area contributed by atoms with Gasteiger partial charge in [-0.2, -0.15) is 0 Å². The quantitative estimate of drug-likeness (QED) is 0.165. The van der Waals surface area contributed by atoms with Crippen molar-refractivity contribution < 1.29 is 8.78 Å². The van der Waals surface area contributed by atoms with Gasteiger partial charge in [0, 0.05) is 40.7 Å². The average molecular weight is 720 g/mol. The number of hydrogen-bond donors (Lipinski definition) is 0. The van der Waals surface area contributed by atoms with E-state index in [1.165, 1.54) is 55.6 Å². The van der Waals surface area contributed by atoms with E-state index >= 15 is 0 Å². The Kier molecular flexibility index (Phi) is 9.46. The van der Waals surface area contributed by atoms with Crippen LogP contribution in [0.1, 0.15) is 27.8 Å². The molecule has 0 fully saturated rings. The Bertz CT molecular complexity index is 2670. The molecule has 3 heterocycles. The summed E-state index contributed by atoms with van der Waals surface area (Å²) in [6.07, 6.45) is 4.59. The Morgan fingerprint density at radius 1 is 0.382 bits per heavy atom. The summed E-state index contributed by atoms with van der Waals surface area (Å²) in [4.78, 5) is 13.5. The van der Waals surface area contributed by atoms with Gasteiger partial charge in [-0.1, -0.05) is 103 Å². The standard InChI is InChI=1S/C50H39F2N3/c1-30-25-47(54-29-44(30)35-13-7-6-8-14-35)37-21-19-36(20-22-37)40-15-9-11-17-42(40)48-31(2)33(4)49(34(5)32(48)3)43-18-12-10-16-41(43)46-24-23-38(27-53-46)50-45(52)26-39(51)28-55-50/h6-29H,1-5H3. The van der Waals surface area contributed by atoms with Crippen LogP contribution in [0, 0.1) is 46.3 Å². The molecule has 8 rings (SSSR count). The predicted octanol–water partition coefficient (Wildman–Crippen LogP) is 13.4. The first-order valence-electron chi connectivity index (χ1n) is 18.4. The maximum Gasteiger partial charge on any atom is 0.152 e. The highest BCUT2D eigenvalue weighted by Gasteiger charge is 2.22. The van der Waals surface area contributed by atoms with Crippen molar-refractivity contribution in [3.8, 4) is 78.3 Å². The Morgan fingerprint density at radius 3 is 1.47 bits per heavy atom. The van der Waals surface area contributed by atoms with E-state index in [4.69, 9.17) is 9.97 Å². The van der Waals surface area contributed by atoms with Crippen LogP contribution in [0.4, 0.5) is 8.78 Å². The van der Waals surface area contributed by atoms with Gasteiger partial charge in [0.05, 0.1) is 17.6 Å². The number of aryl methyl sites for hydroxylation is 1. The fourth-order valence-electron chi connectivity index (χ4n) is 7.77. The minimum atomic E-state index is -0.719. The highest BCUT2D eigenvalue weighted by molar-refractivity contribution is 5.93. The average Bonchev–Trinajstić information content (AvgIpc) is 3.21. The second-order valence-corrected chi connectivity index (χ2v) is 14.1. The van der Waals surface area contributed by atoms with Crippen molar-refractivity contribution in [2.45, 2.75) is 34.6 Å². The molecule has 0 saturated heterocycles. The highest BCUT2D eigenvalue weighted by Crippen LogP contribution is 2.44. The van der Waals surface area contributed by atoms with E-state index in [0.717, 1.165) is 51.5 Å². The number of halogens is 2. The molecule has 0 saturated carbocycles. The van der Waals surface area contributed by atoms with Crippen molar-refractivity contribution in [2.24, 2.45) is 0 Å². The van der Waals surface area contributed by atoms with Crippen molar-refractivity contribution in [1.29, 1.82) is 0 Å². The molecule has 5 heteroatoms. The molecule has 0 spiro atoms. The molecule has 0 bridgehead atoms. The van der Waals surface area contributed by atoms with Crippen molar-refractivity contribution in [3.05, 3.63) is 185 Å². The Labute approximate surface area is 321 Å². The van der Waals surface area contributed by atoms with Gasteiger partial charge in [-0.3, -0.25) is 15.0 Å². The number of hydrogen-bond acceptors (Lipinski definition) is 3. The molecule has 0 atom stereocenters. The maximum atomic E-state index is 14.5. The lowest BCUT2D eigenvalue weighted by molar-refractivity contribution is 0.576. The first-order valence-corrected chi connectivity index (χ1v) is 18.4. The first-order chi connectivity index (χ1) is 26.7. The van der Waals surface area contributed by atoms with Gasteiger partial charge >= 0.3 is 0 Å². The van der Waals surface area contributed by atoms with E-state index in [1.807, 2.05) is 24.4 Å². The van der Waals surface area contributed by atoms with E-state index in [9.17, 15) is 8.78 Å². The topological polar surface area (TPSA) is 38.7 Å². The van der Waals surface area contributed by atoms with E-state index in [1.54, 1.807) is 12.3 Å². The van der Waals surface area contributed by atoms with Crippen molar-refractivity contribution >= 4 is 0 Å². The van der Waals surface area contributed by atoms with Crippen LogP contribution in [0.2, 0.25) is 0 Å². The summed E-state index contributed by atoms with van der Waals surface area (Å²) in [5, 5.41) is 0. The summed E-state index contributed by atoms with van der Waals surface area (Å²) < 4.78 is 28.0. The van der Waals surface area contributed by atoms with E-state index < -0.39 is 11.6 Å². The number of pyridine rings is 3. The Morgan fingerprint density at radius 2 is 0.891 bits per heavy atom. The third-order valence-electron chi connectivity index (χ3n) is 10.8. The number of aromatic nitrogens is 3. The zero-order valence-corrected chi connectivity index (χ0v) is 31.5. The van der Waals surface area contributed by atoms with Crippen molar-refractivity contribution in [1.82, 2.24) is 15.0 Å². The van der Waals surface area contributed by atoms with Crippen LogP contribution in [0.15, 0.2) is 146 Å². The lowest BCUT2D eigenvalue weighted by Gasteiger charge is -2.24. The third-order valence-corrected chi connectivity index (χ3v) is 10.8. The van der Waals surface area contributed by atoms with Gasteiger partial charge < -0.3 is 0 Å². The van der Waals surface area contributed by atoms with Gasteiger partial charge in [-0.25, -0.2) is 8.78 Å². The zero-order chi connectivity index (χ0) is 38.2. The summed E-state index contributed by atoms with van der Waals surface area (Å²) in [7, 11) is 0. The molecule has 5 aromatic carbocycles. The van der Waals surface area contributed by atoms with Gasteiger partial charge in [0.25, 0.3) is 0 Å². The summed E-state index contributed by atoms with van der Waals surface area (Å²) in [5.74, 6) is -1.43. The summed E-state index contributed by atoms with van der Waals surface area (Å²) in [6.45, 7) is 11.0. The molecular formula is C50H39F2N3. The molecule has 55 heavy (non-hydrogen) atoms. The molecule has 8 aromatic rings. The fourth-order valence-corrected chi connectivity index (χ4v) is 7.77. The lowest BCUT2D eigenvalue weighted by atomic mass is 9.80. The largest absolute Gasteiger partial charge is 0.256 e. The van der Waals surface area contributed by atoms with Crippen LogP contribution in [-0.4, -0.2) is 15.0 Å². The SMILES string of the molecule is Cc1cc(-c2ccc(-c3ccccc3-c3c(C)c(C)c(-c4ccccc4-c4ccc(-c5ncc(F)cc5F)cn4)c(C)c3C)cc2)ncc1-c1ccccc1. The molecule has 0 unspecified atom stereocenters. The van der Waals surface area contributed by atoms with Gasteiger partial charge in [0.2, 0.25) is 0 Å². The molecule has 0 aliphatic heterocycles. The van der Waals surface area contributed by atoms with Crippen molar-refractivity contribution in [3.63, 3.8) is 0 Å². The zero-order valence-electron chi connectivity index (χ0n) is 31.5. The lowest BCUT2D eigenvalue weighted by Crippen LogP contribution is -2.02. The first kappa shape index (κ1) is 35.4. The second-order valence-electron chi connectivity index (χ2n) is 14.1. The monoisotopic (exact) mass is 719 g/mol. The maximum absolute atomic E-state index is 14.5. The Hall–Kier alpha value is -6.59. The number of rotatable bonds is 7. The van der Waals surface area contributed by atoms with Crippen LogP contribution in [0.25, 0.3) is 78.3 Å². The summed E-state index contributed by atoms with van der Waals surface area (Å²) in [6, 6.07) is 42.7. The van der Waals surface area contributed by atoms with Crippen LogP contribution < -0.4 is 0 Å². The van der Waals surface area contributed by atoms with E-state index in [-0.39, 0.29) is 5.69 Å². The van der Waals surface area contributed by atoms with Crippen molar-refractivity contribution in [2.75, 3.05) is 0 Å². The van der Waals surface area contributed by atoms with Crippen LogP contribution in [-0.2, 0) is 0 Å². The molecule has 0 N–H and O–H groups in total. The smallest absolute Gasteiger partial charge is 0.152 e. The van der Waals surface area contributed by atoms with Gasteiger partial charge in [0.15, 0.2) is 5.82 Å². The molecule has 268 valence electrons. The normalized spacial score (nSPS) is 11.2. The van der Waals surface area contributed by atoms with Gasteiger partial charge in [0.1, 0.15) is 11.5 Å². The van der Waals surface area contributed by atoms with Crippen LogP contribution in [0.5, 0.6) is 0 Å². The van der Waals surface area contributed by atoms with Gasteiger partial charge in [-0.05, 0) is 120 Å². The van der Waals surface area contributed by atoms with E-state index in [0.29, 0.717) is 5.56 Å². The number of nitrogens with zero attached hydrogens (tertiary/aromatic N) is 3. The van der Waals surface area contributed by atoms with Crippen LogP contribution in [0.3, 0.4) is 0 Å². The minimum Gasteiger partial charge on any atom is -0.256 e. The fraction of sp³-hybridized carbons (Fsp3) is 0.100. The van der Waals surface area contributed by atoms with Crippen LogP contribution >= 0.6 is 0 Å². The molecule has 0 radical (unpaired) electrons. The number of benzene rings is 5. The third kappa shape index (κ3) is 6.63. The molecule has 0 aliphatic carbocycles. The second kappa shape index (κ2) is 14.7. The molecule has 0 amide bonds. The minimum absolute atomic E-state index is 0.0689. The molecule has 0 aliphatic rings. The predicted molar refractivity (Wildman–Crippen MR) is 221 cm³/mol. The molecular weight excluding hydrogens is 681 g/mol.